The van der Waals surface area contributed by atoms with Gasteiger partial charge in [0.15, 0.2) is 0 Å². The number of amides is 2. The number of rotatable bonds is 5. The molecule has 0 saturated carbocycles. The number of pyridine rings is 1. The van der Waals surface area contributed by atoms with Gasteiger partial charge in [0.2, 0.25) is 11.8 Å². The molecule has 3 N–H and O–H groups in total. The average molecular weight is 251 g/mol. The molecule has 2 amide bonds. The second kappa shape index (κ2) is 6.33. The number of carbonyl (C=O) groups is 3. The van der Waals surface area contributed by atoms with E-state index < -0.39 is 5.97 Å². The minimum Gasteiger partial charge on any atom is -0.478 e. The highest BCUT2D eigenvalue weighted by molar-refractivity contribution is 6.00. The van der Waals surface area contributed by atoms with Crippen LogP contribution in [0.4, 0.5) is 5.69 Å². The number of aromatic nitrogens is 1. The van der Waals surface area contributed by atoms with Crippen molar-refractivity contribution >= 4 is 23.5 Å². The standard InChI is InChI=1S/C11H13N3O4/c1-7(15)13-5-3-10(16)14-9-6-12-4-2-8(9)11(17)18/h2,4,6H,3,5H2,1H3,(H,13,15)(H,14,16)(H,17,18). The molecule has 0 aromatic carbocycles. The third-order valence-corrected chi connectivity index (χ3v) is 2.05. The highest BCUT2D eigenvalue weighted by Crippen LogP contribution is 2.13. The van der Waals surface area contributed by atoms with Crippen LogP contribution < -0.4 is 10.6 Å². The van der Waals surface area contributed by atoms with Crippen molar-refractivity contribution < 1.29 is 19.5 Å². The summed E-state index contributed by atoms with van der Waals surface area (Å²) in [5.74, 6) is -1.76. The van der Waals surface area contributed by atoms with E-state index in [-0.39, 0.29) is 36.0 Å². The largest absolute Gasteiger partial charge is 0.478 e. The van der Waals surface area contributed by atoms with Gasteiger partial charge in [-0.2, -0.15) is 0 Å². The maximum atomic E-state index is 11.5. The van der Waals surface area contributed by atoms with Crippen LogP contribution in [0.2, 0.25) is 0 Å². The van der Waals surface area contributed by atoms with Crippen LogP contribution in [0.15, 0.2) is 18.5 Å². The Bertz CT molecular complexity index is 473. The number of anilines is 1. The Hall–Kier alpha value is -2.44. The van der Waals surface area contributed by atoms with Crippen LogP contribution in [0.1, 0.15) is 23.7 Å². The van der Waals surface area contributed by atoms with Crippen molar-refractivity contribution in [2.45, 2.75) is 13.3 Å². The van der Waals surface area contributed by atoms with Crippen LogP contribution in [-0.2, 0) is 9.59 Å². The Morgan fingerprint density at radius 3 is 2.72 bits per heavy atom. The summed E-state index contributed by atoms with van der Waals surface area (Å²) in [4.78, 5) is 36.7. The van der Waals surface area contributed by atoms with Gasteiger partial charge in [-0.1, -0.05) is 0 Å². The highest BCUT2D eigenvalue weighted by atomic mass is 16.4. The third-order valence-electron chi connectivity index (χ3n) is 2.05. The molecule has 0 bridgehead atoms. The molecule has 1 heterocycles. The van der Waals surface area contributed by atoms with Crippen LogP contribution in [-0.4, -0.2) is 34.4 Å². The average Bonchev–Trinajstić information content (AvgIpc) is 2.28. The summed E-state index contributed by atoms with van der Waals surface area (Å²) in [5.41, 5.74) is 0.107. The Kier molecular flexibility index (Phi) is 4.79. The van der Waals surface area contributed by atoms with E-state index in [2.05, 4.69) is 15.6 Å². The molecule has 0 spiro atoms. The third kappa shape index (κ3) is 4.20. The lowest BCUT2D eigenvalue weighted by Crippen LogP contribution is -2.25. The summed E-state index contributed by atoms with van der Waals surface area (Å²) in [6.07, 6.45) is 2.66. The molecule has 0 radical (unpaired) electrons. The molecule has 7 heteroatoms. The first kappa shape index (κ1) is 13.6. The molecule has 0 atom stereocenters. The van der Waals surface area contributed by atoms with E-state index in [0.29, 0.717) is 0 Å². The topological polar surface area (TPSA) is 108 Å². The SMILES string of the molecule is CC(=O)NCCC(=O)Nc1cnccc1C(=O)O. The second-order valence-corrected chi connectivity index (χ2v) is 3.51. The van der Waals surface area contributed by atoms with Gasteiger partial charge in [-0.25, -0.2) is 4.79 Å². The van der Waals surface area contributed by atoms with Gasteiger partial charge in [-0.05, 0) is 6.07 Å². The van der Waals surface area contributed by atoms with Gasteiger partial charge >= 0.3 is 5.97 Å². The van der Waals surface area contributed by atoms with E-state index >= 15 is 0 Å². The summed E-state index contributed by atoms with van der Waals surface area (Å²) in [5, 5.41) is 13.8. The van der Waals surface area contributed by atoms with E-state index in [9.17, 15) is 14.4 Å². The minimum absolute atomic E-state index is 0.0297. The van der Waals surface area contributed by atoms with Crippen LogP contribution in [0.3, 0.4) is 0 Å². The first-order valence-corrected chi connectivity index (χ1v) is 5.22. The van der Waals surface area contributed by atoms with Gasteiger partial charge in [-0.3, -0.25) is 14.6 Å². The summed E-state index contributed by atoms with van der Waals surface area (Å²) < 4.78 is 0. The molecule has 18 heavy (non-hydrogen) atoms. The Labute approximate surface area is 103 Å². The van der Waals surface area contributed by atoms with E-state index in [4.69, 9.17) is 5.11 Å². The monoisotopic (exact) mass is 251 g/mol. The summed E-state index contributed by atoms with van der Waals surface area (Å²) in [7, 11) is 0. The second-order valence-electron chi connectivity index (χ2n) is 3.51. The number of carboxylic acids is 1. The Balaban J connectivity index is 2.59. The molecule has 0 fully saturated rings. The van der Waals surface area contributed by atoms with Crippen molar-refractivity contribution in [3.63, 3.8) is 0 Å². The predicted octanol–water partition coefficient (Wildman–Crippen LogP) is 0.244. The van der Waals surface area contributed by atoms with E-state index in [0.717, 1.165) is 0 Å². The minimum atomic E-state index is -1.14. The molecule has 1 aromatic rings. The van der Waals surface area contributed by atoms with Crippen LogP contribution in [0, 0.1) is 0 Å². The van der Waals surface area contributed by atoms with Gasteiger partial charge in [0.1, 0.15) is 0 Å². The number of hydrogen-bond donors (Lipinski definition) is 3. The molecular weight excluding hydrogens is 238 g/mol. The van der Waals surface area contributed by atoms with Gasteiger partial charge in [0.05, 0.1) is 17.4 Å². The molecule has 0 saturated heterocycles. The highest BCUT2D eigenvalue weighted by Gasteiger charge is 2.11. The smallest absolute Gasteiger partial charge is 0.337 e. The Morgan fingerprint density at radius 1 is 1.39 bits per heavy atom. The zero-order valence-electron chi connectivity index (χ0n) is 9.77. The molecule has 7 nitrogen and oxygen atoms in total. The number of carbonyl (C=O) groups excluding carboxylic acids is 2. The lowest BCUT2D eigenvalue weighted by molar-refractivity contribution is -0.119. The predicted molar refractivity (Wildman–Crippen MR) is 63.1 cm³/mol. The van der Waals surface area contributed by atoms with E-state index in [1.807, 2.05) is 0 Å². The first-order valence-electron chi connectivity index (χ1n) is 5.22. The lowest BCUT2D eigenvalue weighted by Gasteiger charge is -2.07. The maximum Gasteiger partial charge on any atom is 0.337 e. The maximum absolute atomic E-state index is 11.5. The van der Waals surface area contributed by atoms with E-state index in [1.54, 1.807) is 0 Å². The molecule has 96 valence electrons. The number of hydrogen-bond acceptors (Lipinski definition) is 4. The van der Waals surface area contributed by atoms with E-state index in [1.165, 1.54) is 25.4 Å². The van der Waals surface area contributed by atoms with Gasteiger partial charge in [0, 0.05) is 26.1 Å². The number of aromatic carboxylic acids is 1. The Morgan fingerprint density at radius 2 is 2.11 bits per heavy atom. The number of nitrogens with one attached hydrogen (secondary N) is 2. The zero-order chi connectivity index (χ0) is 13.5. The molecular formula is C11H13N3O4. The van der Waals surface area contributed by atoms with Crippen molar-refractivity contribution in [2.24, 2.45) is 0 Å². The fraction of sp³-hybridized carbons (Fsp3) is 0.273. The molecule has 1 aromatic heterocycles. The fourth-order valence-electron chi connectivity index (χ4n) is 1.25. The van der Waals surface area contributed by atoms with Gasteiger partial charge in [-0.15, -0.1) is 0 Å². The zero-order valence-corrected chi connectivity index (χ0v) is 9.77. The van der Waals surface area contributed by atoms with Crippen molar-refractivity contribution in [3.8, 4) is 0 Å². The van der Waals surface area contributed by atoms with Crippen molar-refractivity contribution in [1.82, 2.24) is 10.3 Å². The lowest BCUT2D eigenvalue weighted by atomic mass is 10.2. The van der Waals surface area contributed by atoms with Crippen molar-refractivity contribution in [1.29, 1.82) is 0 Å². The van der Waals surface area contributed by atoms with Gasteiger partial charge in [0.25, 0.3) is 0 Å². The van der Waals surface area contributed by atoms with Crippen molar-refractivity contribution in [3.05, 3.63) is 24.0 Å². The molecule has 0 unspecified atom stereocenters. The fourth-order valence-corrected chi connectivity index (χ4v) is 1.25. The summed E-state index contributed by atoms with van der Waals surface area (Å²) in [6.45, 7) is 1.55. The van der Waals surface area contributed by atoms with Crippen LogP contribution in [0.5, 0.6) is 0 Å². The summed E-state index contributed by atoms with van der Waals surface area (Å²) in [6, 6.07) is 1.30. The molecule has 0 aliphatic rings. The van der Waals surface area contributed by atoms with Crippen molar-refractivity contribution in [2.75, 3.05) is 11.9 Å². The first-order chi connectivity index (χ1) is 8.50. The number of carboxylic acid groups (broad SMARTS) is 1. The summed E-state index contributed by atoms with van der Waals surface area (Å²) >= 11 is 0. The quantitative estimate of drug-likeness (QED) is 0.694. The van der Waals surface area contributed by atoms with Gasteiger partial charge < -0.3 is 15.7 Å². The van der Waals surface area contributed by atoms with Crippen LogP contribution in [0.25, 0.3) is 0 Å². The molecule has 0 aliphatic heterocycles. The molecule has 1 rings (SSSR count). The number of nitrogens with zero attached hydrogens (tertiary/aromatic N) is 1. The normalized spacial score (nSPS) is 9.61. The molecule has 0 aliphatic carbocycles. The van der Waals surface area contributed by atoms with Crippen LogP contribution >= 0.6 is 0 Å².